The number of hydrogen-bond acceptors (Lipinski definition) is 3. The van der Waals surface area contributed by atoms with Crippen LogP contribution in [0.3, 0.4) is 0 Å². The first-order chi connectivity index (χ1) is 9.66. The quantitative estimate of drug-likeness (QED) is 0.787. The maximum absolute atomic E-state index is 13.4. The second-order valence-corrected chi connectivity index (χ2v) is 4.61. The molecular formula is C14H10ClFN4. The first-order valence-corrected chi connectivity index (χ1v) is 6.22. The summed E-state index contributed by atoms with van der Waals surface area (Å²) in [4.78, 5) is 8.13. The highest BCUT2D eigenvalue weighted by molar-refractivity contribution is 6.32. The zero-order chi connectivity index (χ0) is 14.1. The van der Waals surface area contributed by atoms with Gasteiger partial charge in [-0.25, -0.2) is 9.37 Å². The lowest BCUT2D eigenvalue weighted by Crippen LogP contribution is -1.99. The minimum atomic E-state index is -0.372. The summed E-state index contributed by atoms with van der Waals surface area (Å²) in [7, 11) is 0. The van der Waals surface area contributed by atoms with Gasteiger partial charge in [0.05, 0.1) is 28.9 Å². The van der Waals surface area contributed by atoms with Crippen molar-refractivity contribution in [3.8, 4) is 16.9 Å². The third-order valence-corrected chi connectivity index (χ3v) is 3.26. The van der Waals surface area contributed by atoms with Gasteiger partial charge in [0.15, 0.2) is 0 Å². The van der Waals surface area contributed by atoms with E-state index in [-0.39, 0.29) is 5.82 Å². The molecule has 6 heteroatoms. The van der Waals surface area contributed by atoms with Crippen LogP contribution >= 0.6 is 11.6 Å². The van der Waals surface area contributed by atoms with E-state index in [4.69, 9.17) is 17.3 Å². The van der Waals surface area contributed by atoms with Gasteiger partial charge in [-0.3, -0.25) is 9.55 Å². The van der Waals surface area contributed by atoms with Crippen LogP contribution in [-0.2, 0) is 0 Å². The average Bonchev–Trinajstić information content (AvgIpc) is 2.91. The van der Waals surface area contributed by atoms with Crippen molar-refractivity contribution >= 4 is 17.3 Å². The molecule has 2 aromatic heterocycles. The van der Waals surface area contributed by atoms with Crippen LogP contribution in [-0.4, -0.2) is 14.5 Å². The number of nitrogen functional groups attached to an aromatic ring is 1. The Morgan fingerprint density at radius 1 is 1.15 bits per heavy atom. The monoisotopic (exact) mass is 288 g/mol. The number of pyridine rings is 1. The summed E-state index contributed by atoms with van der Waals surface area (Å²) in [5.74, 6) is -0.372. The van der Waals surface area contributed by atoms with Crippen LogP contribution in [0.15, 0.2) is 49.2 Å². The number of nitrogens with two attached hydrogens (primary N) is 1. The standard InChI is InChI=1S/C14H10ClFN4/c15-11-2-1-9(16)5-13(11)20-8-19-7-14(20)10-6-18-4-3-12(10)17/h1-8H,(H2,17,18). The number of aromatic nitrogens is 3. The summed E-state index contributed by atoms with van der Waals surface area (Å²) >= 11 is 6.12. The summed E-state index contributed by atoms with van der Waals surface area (Å²) in [6.45, 7) is 0. The Balaban J connectivity index is 2.21. The van der Waals surface area contributed by atoms with Crippen LogP contribution in [0.4, 0.5) is 10.1 Å². The molecule has 1 aromatic carbocycles. The van der Waals surface area contributed by atoms with Crippen molar-refractivity contribution in [2.24, 2.45) is 0 Å². The molecule has 20 heavy (non-hydrogen) atoms. The van der Waals surface area contributed by atoms with E-state index in [9.17, 15) is 4.39 Å². The molecule has 0 saturated carbocycles. The molecule has 0 atom stereocenters. The van der Waals surface area contributed by atoms with E-state index in [1.54, 1.807) is 35.6 Å². The number of benzene rings is 1. The van der Waals surface area contributed by atoms with Crippen molar-refractivity contribution in [2.75, 3.05) is 5.73 Å². The van der Waals surface area contributed by atoms with Gasteiger partial charge in [-0.15, -0.1) is 0 Å². The zero-order valence-electron chi connectivity index (χ0n) is 10.3. The maximum atomic E-state index is 13.4. The molecule has 3 rings (SSSR count). The molecule has 0 saturated heterocycles. The number of rotatable bonds is 2. The van der Waals surface area contributed by atoms with E-state index in [0.717, 1.165) is 0 Å². The van der Waals surface area contributed by atoms with Gasteiger partial charge in [0, 0.05) is 23.6 Å². The van der Waals surface area contributed by atoms with Gasteiger partial charge in [0.2, 0.25) is 0 Å². The number of imidazole rings is 1. The molecule has 0 aliphatic heterocycles. The fourth-order valence-corrected chi connectivity index (χ4v) is 2.18. The molecule has 4 nitrogen and oxygen atoms in total. The Bertz CT molecular complexity index is 769. The molecule has 0 radical (unpaired) electrons. The molecule has 0 bridgehead atoms. The Kier molecular flexibility index (Phi) is 3.12. The largest absolute Gasteiger partial charge is 0.398 e. The van der Waals surface area contributed by atoms with E-state index >= 15 is 0 Å². The first-order valence-electron chi connectivity index (χ1n) is 5.84. The van der Waals surface area contributed by atoms with Crippen LogP contribution in [0, 0.1) is 5.82 Å². The Morgan fingerprint density at radius 3 is 2.80 bits per heavy atom. The SMILES string of the molecule is Nc1ccncc1-c1cncn1-c1cc(F)ccc1Cl. The minimum absolute atomic E-state index is 0.372. The van der Waals surface area contributed by atoms with Crippen LogP contribution in [0.2, 0.25) is 5.02 Å². The van der Waals surface area contributed by atoms with Crippen molar-refractivity contribution in [3.63, 3.8) is 0 Å². The second-order valence-electron chi connectivity index (χ2n) is 4.21. The van der Waals surface area contributed by atoms with Crippen molar-refractivity contribution in [2.45, 2.75) is 0 Å². The zero-order valence-corrected chi connectivity index (χ0v) is 11.0. The molecule has 0 amide bonds. The van der Waals surface area contributed by atoms with Crippen LogP contribution in [0.5, 0.6) is 0 Å². The topological polar surface area (TPSA) is 56.7 Å². The van der Waals surface area contributed by atoms with Crippen molar-refractivity contribution < 1.29 is 4.39 Å². The van der Waals surface area contributed by atoms with Crippen LogP contribution < -0.4 is 5.73 Å². The van der Waals surface area contributed by atoms with E-state index in [2.05, 4.69) is 9.97 Å². The molecule has 3 aromatic rings. The van der Waals surface area contributed by atoms with Crippen LogP contribution in [0.1, 0.15) is 0 Å². The smallest absolute Gasteiger partial charge is 0.125 e. The van der Waals surface area contributed by atoms with Crippen molar-refractivity contribution in [1.82, 2.24) is 14.5 Å². The van der Waals surface area contributed by atoms with Crippen LogP contribution in [0.25, 0.3) is 16.9 Å². The van der Waals surface area contributed by atoms with E-state index in [1.165, 1.54) is 18.2 Å². The fourth-order valence-electron chi connectivity index (χ4n) is 1.98. The molecule has 0 aliphatic carbocycles. The summed E-state index contributed by atoms with van der Waals surface area (Å²) in [5.41, 5.74) is 8.42. The number of hydrogen-bond donors (Lipinski definition) is 1. The lowest BCUT2D eigenvalue weighted by atomic mass is 10.2. The number of anilines is 1. The highest BCUT2D eigenvalue weighted by Gasteiger charge is 2.12. The molecule has 0 aliphatic rings. The Labute approximate surface area is 119 Å². The summed E-state index contributed by atoms with van der Waals surface area (Å²) in [6.07, 6.45) is 6.43. The van der Waals surface area contributed by atoms with Gasteiger partial charge in [-0.1, -0.05) is 11.6 Å². The highest BCUT2D eigenvalue weighted by Crippen LogP contribution is 2.29. The lowest BCUT2D eigenvalue weighted by molar-refractivity contribution is 0.626. The molecule has 2 heterocycles. The second kappa shape index (κ2) is 4.94. The molecular weight excluding hydrogens is 279 g/mol. The molecule has 0 unspecified atom stereocenters. The fraction of sp³-hybridized carbons (Fsp3) is 0. The Morgan fingerprint density at radius 2 is 2.00 bits per heavy atom. The third kappa shape index (κ3) is 2.12. The Hall–Kier alpha value is -2.40. The van der Waals surface area contributed by atoms with Gasteiger partial charge in [0.1, 0.15) is 5.82 Å². The predicted molar refractivity (Wildman–Crippen MR) is 76.2 cm³/mol. The van der Waals surface area contributed by atoms with Crippen molar-refractivity contribution in [1.29, 1.82) is 0 Å². The van der Waals surface area contributed by atoms with Gasteiger partial charge in [0.25, 0.3) is 0 Å². The minimum Gasteiger partial charge on any atom is -0.398 e. The summed E-state index contributed by atoms with van der Waals surface area (Å²) < 4.78 is 15.1. The van der Waals surface area contributed by atoms with E-state index < -0.39 is 0 Å². The average molecular weight is 289 g/mol. The maximum Gasteiger partial charge on any atom is 0.125 e. The number of nitrogens with zero attached hydrogens (tertiary/aromatic N) is 3. The molecule has 100 valence electrons. The predicted octanol–water partition coefficient (Wildman–Crippen LogP) is 3.31. The van der Waals surface area contributed by atoms with Gasteiger partial charge >= 0.3 is 0 Å². The molecule has 0 spiro atoms. The van der Waals surface area contributed by atoms with E-state index in [1.807, 2.05) is 0 Å². The number of halogens is 2. The summed E-state index contributed by atoms with van der Waals surface area (Å²) in [6, 6.07) is 5.85. The third-order valence-electron chi connectivity index (χ3n) is 2.94. The molecule has 2 N–H and O–H groups in total. The van der Waals surface area contributed by atoms with Gasteiger partial charge < -0.3 is 5.73 Å². The first kappa shape index (κ1) is 12.6. The lowest BCUT2D eigenvalue weighted by Gasteiger charge is -2.11. The summed E-state index contributed by atoms with van der Waals surface area (Å²) in [5, 5.41) is 0.424. The van der Waals surface area contributed by atoms with Gasteiger partial charge in [-0.2, -0.15) is 0 Å². The van der Waals surface area contributed by atoms with E-state index in [0.29, 0.717) is 27.7 Å². The highest BCUT2D eigenvalue weighted by atomic mass is 35.5. The molecule has 0 fully saturated rings. The van der Waals surface area contributed by atoms with Crippen molar-refractivity contribution in [3.05, 3.63) is 60.0 Å². The van der Waals surface area contributed by atoms with Gasteiger partial charge in [-0.05, 0) is 24.3 Å². The normalized spacial score (nSPS) is 10.7.